The van der Waals surface area contributed by atoms with Gasteiger partial charge in [0.15, 0.2) is 5.78 Å². The minimum Gasteiger partial charge on any atom is -0.293 e. The molecule has 0 radical (unpaired) electrons. The van der Waals surface area contributed by atoms with E-state index < -0.39 is 21.8 Å². The van der Waals surface area contributed by atoms with E-state index in [1.165, 1.54) is 19.2 Å². The van der Waals surface area contributed by atoms with Crippen molar-refractivity contribution in [3.05, 3.63) is 35.6 Å². The first kappa shape index (κ1) is 12.8. The van der Waals surface area contributed by atoms with Crippen LogP contribution in [0.5, 0.6) is 0 Å². The van der Waals surface area contributed by atoms with E-state index in [2.05, 4.69) is 0 Å². The van der Waals surface area contributed by atoms with Crippen molar-refractivity contribution in [2.45, 2.75) is 0 Å². The molecule has 0 aliphatic rings. The Morgan fingerprint density at radius 1 is 1.31 bits per heavy atom. The molecule has 88 valence electrons. The normalized spacial score (nSPS) is 11.4. The summed E-state index contributed by atoms with van der Waals surface area (Å²) in [5.74, 6) is -0.883. The molecular formula is C9H11FN2O3S. The van der Waals surface area contributed by atoms with Gasteiger partial charge in [0.05, 0.1) is 6.54 Å². The van der Waals surface area contributed by atoms with Crippen molar-refractivity contribution in [2.75, 3.05) is 13.6 Å². The molecule has 1 aromatic carbocycles. The Bertz CT molecular complexity index is 470. The minimum atomic E-state index is -3.63. The summed E-state index contributed by atoms with van der Waals surface area (Å²) in [5, 5.41) is 0. The van der Waals surface area contributed by atoms with Crippen molar-refractivity contribution < 1.29 is 17.6 Å². The number of carbonyl (C=O) groups is 1. The second kappa shape index (κ2) is 5.15. The van der Waals surface area contributed by atoms with E-state index in [1.54, 1.807) is 0 Å². The molecule has 1 aromatic rings. The monoisotopic (exact) mass is 246 g/mol. The van der Waals surface area contributed by atoms with E-state index in [1.807, 2.05) is 9.44 Å². The summed E-state index contributed by atoms with van der Waals surface area (Å²) in [6.07, 6.45) is 0. The fourth-order valence-corrected chi connectivity index (χ4v) is 1.44. The summed E-state index contributed by atoms with van der Waals surface area (Å²) in [5.41, 5.74) is 0.250. The summed E-state index contributed by atoms with van der Waals surface area (Å²) in [7, 11) is -2.40. The second-order valence-electron chi connectivity index (χ2n) is 2.96. The maximum Gasteiger partial charge on any atom is 0.277 e. The first-order valence-corrected chi connectivity index (χ1v) is 5.90. The van der Waals surface area contributed by atoms with Crippen LogP contribution in [0, 0.1) is 5.82 Å². The van der Waals surface area contributed by atoms with Gasteiger partial charge in [-0.25, -0.2) is 9.11 Å². The van der Waals surface area contributed by atoms with Crippen LogP contribution in [0.3, 0.4) is 0 Å². The molecule has 0 saturated carbocycles. The number of halogens is 1. The summed E-state index contributed by atoms with van der Waals surface area (Å²) >= 11 is 0. The number of ketones is 1. The van der Waals surface area contributed by atoms with Gasteiger partial charge in [-0.3, -0.25) is 4.79 Å². The van der Waals surface area contributed by atoms with Crippen LogP contribution in [-0.2, 0) is 10.2 Å². The first-order valence-electron chi connectivity index (χ1n) is 4.41. The third-order valence-corrected chi connectivity index (χ3v) is 2.92. The molecule has 0 spiro atoms. The van der Waals surface area contributed by atoms with Gasteiger partial charge in [-0.2, -0.15) is 13.1 Å². The molecule has 0 fully saturated rings. The van der Waals surface area contributed by atoms with Crippen LogP contribution in [0.25, 0.3) is 0 Å². The van der Waals surface area contributed by atoms with Gasteiger partial charge in [-0.15, -0.1) is 0 Å². The summed E-state index contributed by atoms with van der Waals surface area (Å²) in [6.45, 7) is -0.366. The van der Waals surface area contributed by atoms with E-state index >= 15 is 0 Å². The Morgan fingerprint density at radius 2 is 1.88 bits per heavy atom. The largest absolute Gasteiger partial charge is 0.293 e. The molecule has 0 heterocycles. The van der Waals surface area contributed by atoms with Gasteiger partial charge < -0.3 is 0 Å². The van der Waals surface area contributed by atoms with E-state index in [0.717, 1.165) is 12.1 Å². The van der Waals surface area contributed by atoms with Crippen LogP contribution in [0.15, 0.2) is 24.3 Å². The number of hydrogen-bond donors (Lipinski definition) is 2. The summed E-state index contributed by atoms with van der Waals surface area (Å²) in [4.78, 5) is 11.4. The molecule has 0 aliphatic carbocycles. The molecule has 0 atom stereocenters. The van der Waals surface area contributed by atoms with Crippen LogP contribution in [0.2, 0.25) is 0 Å². The Hall–Kier alpha value is -1.31. The predicted octanol–water partition coefficient (Wildman–Crippen LogP) is 0.0622. The van der Waals surface area contributed by atoms with Gasteiger partial charge in [-0.1, -0.05) is 0 Å². The molecule has 0 bridgehead atoms. The van der Waals surface area contributed by atoms with Crippen LogP contribution in [-0.4, -0.2) is 27.8 Å². The molecule has 7 heteroatoms. The SMILES string of the molecule is CNS(=O)(=O)NCC(=O)c1ccc(F)cc1. The van der Waals surface area contributed by atoms with E-state index in [0.29, 0.717) is 0 Å². The van der Waals surface area contributed by atoms with Crippen LogP contribution in [0.4, 0.5) is 4.39 Å². The summed E-state index contributed by atoms with van der Waals surface area (Å²) < 4.78 is 38.5. The van der Waals surface area contributed by atoms with Gasteiger partial charge in [0.25, 0.3) is 10.2 Å². The van der Waals surface area contributed by atoms with Crippen molar-refractivity contribution in [1.29, 1.82) is 0 Å². The highest BCUT2D eigenvalue weighted by Crippen LogP contribution is 2.03. The van der Waals surface area contributed by atoms with Crippen molar-refractivity contribution in [3.63, 3.8) is 0 Å². The van der Waals surface area contributed by atoms with Crippen molar-refractivity contribution in [3.8, 4) is 0 Å². The molecule has 16 heavy (non-hydrogen) atoms. The lowest BCUT2D eigenvalue weighted by Crippen LogP contribution is -2.37. The van der Waals surface area contributed by atoms with Gasteiger partial charge in [0.1, 0.15) is 5.82 Å². The number of nitrogens with one attached hydrogen (secondary N) is 2. The maximum absolute atomic E-state index is 12.5. The standard InChI is InChI=1S/C9H11FN2O3S/c1-11-16(14,15)12-6-9(13)7-2-4-8(10)5-3-7/h2-5,11-12H,6H2,1H3. The molecular weight excluding hydrogens is 235 g/mol. The van der Waals surface area contributed by atoms with Crippen molar-refractivity contribution in [1.82, 2.24) is 9.44 Å². The minimum absolute atomic E-state index is 0.250. The first-order chi connectivity index (χ1) is 7.44. The molecule has 0 unspecified atom stereocenters. The zero-order valence-electron chi connectivity index (χ0n) is 8.53. The van der Waals surface area contributed by atoms with Crippen LogP contribution < -0.4 is 9.44 Å². The van der Waals surface area contributed by atoms with E-state index in [4.69, 9.17) is 0 Å². The molecule has 0 aromatic heterocycles. The molecule has 1 rings (SSSR count). The van der Waals surface area contributed by atoms with E-state index in [-0.39, 0.29) is 12.1 Å². The van der Waals surface area contributed by atoms with Gasteiger partial charge >= 0.3 is 0 Å². The van der Waals surface area contributed by atoms with Crippen LogP contribution >= 0.6 is 0 Å². The smallest absolute Gasteiger partial charge is 0.277 e. The zero-order chi connectivity index (χ0) is 12.2. The lowest BCUT2D eigenvalue weighted by molar-refractivity contribution is 0.0997. The number of rotatable bonds is 5. The maximum atomic E-state index is 12.5. The topological polar surface area (TPSA) is 75.3 Å². The number of hydrogen-bond acceptors (Lipinski definition) is 3. The fraction of sp³-hybridized carbons (Fsp3) is 0.222. The zero-order valence-corrected chi connectivity index (χ0v) is 9.34. The second-order valence-corrected chi connectivity index (χ2v) is 4.66. The molecule has 2 N–H and O–H groups in total. The lowest BCUT2D eigenvalue weighted by atomic mass is 10.1. The third kappa shape index (κ3) is 3.69. The lowest BCUT2D eigenvalue weighted by Gasteiger charge is -2.04. The highest BCUT2D eigenvalue weighted by molar-refractivity contribution is 7.87. The van der Waals surface area contributed by atoms with Crippen LogP contribution in [0.1, 0.15) is 10.4 Å². The molecule has 0 saturated heterocycles. The highest BCUT2D eigenvalue weighted by atomic mass is 32.2. The Kier molecular flexibility index (Phi) is 4.11. The quantitative estimate of drug-likeness (QED) is 0.721. The van der Waals surface area contributed by atoms with Gasteiger partial charge in [0, 0.05) is 12.6 Å². The van der Waals surface area contributed by atoms with Crippen molar-refractivity contribution in [2.24, 2.45) is 0 Å². The highest BCUT2D eigenvalue weighted by Gasteiger charge is 2.10. The van der Waals surface area contributed by atoms with Gasteiger partial charge in [-0.05, 0) is 24.3 Å². The number of carbonyl (C=O) groups excluding carboxylic acids is 1. The summed E-state index contributed by atoms with van der Waals surface area (Å²) in [6, 6.07) is 4.87. The van der Waals surface area contributed by atoms with Gasteiger partial charge in [0.2, 0.25) is 0 Å². The third-order valence-electron chi connectivity index (χ3n) is 1.86. The average Bonchev–Trinajstić information content (AvgIpc) is 2.27. The molecule has 0 aliphatic heterocycles. The number of benzene rings is 1. The Balaban J connectivity index is 2.63. The molecule has 5 nitrogen and oxygen atoms in total. The predicted molar refractivity (Wildman–Crippen MR) is 56.7 cm³/mol. The Morgan fingerprint density at radius 3 is 2.38 bits per heavy atom. The average molecular weight is 246 g/mol. The van der Waals surface area contributed by atoms with E-state index in [9.17, 15) is 17.6 Å². The fourth-order valence-electron chi connectivity index (χ4n) is 0.971. The molecule has 0 amide bonds. The van der Waals surface area contributed by atoms with Crippen molar-refractivity contribution >= 4 is 16.0 Å². The number of Topliss-reactive ketones (excluding diaryl/α,β-unsaturated/α-hetero) is 1. The Labute approximate surface area is 92.8 Å².